The monoisotopic (exact) mass is 366 g/mol. The van der Waals surface area contributed by atoms with Crippen LogP contribution in [0.15, 0.2) is 42.5 Å². The summed E-state index contributed by atoms with van der Waals surface area (Å²) < 4.78 is 11.1. The smallest absolute Gasteiger partial charge is 0.337 e. The first-order valence-corrected chi connectivity index (χ1v) is 9.06. The number of amides is 2. The maximum Gasteiger partial charge on any atom is 0.337 e. The summed E-state index contributed by atoms with van der Waals surface area (Å²) in [5, 5.41) is 3.05. The lowest BCUT2D eigenvalue weighted by molar-refractivity contribution is 0.0377. The number of hydrogen-bond donors (Lipinski definition) is 1. The fraction of sp³-hybridized carbons (Fsp3) is 0.333. The minimum atomic E-state index is -0.806. The summed E-state index contributed by atoms with van der Waals surface area (Å²) in [5.41, 5.74) is 2.40. The number of carbonyl (C=O) groups excluding carboxylic acids is 2. The van der Waals surface area contributed by atoms with Gasteiger partial charge in [-0.25, -0.2) is 9.59 Å². The van der Waals surface area contributed by atoms with Crippen LogP contribution >= 0.6 is 0 Å². The second-order valence-corrected chi connectivity index (χ2v) is 7.09. The van der Waals surface area contributed by atoms with Crippen LogP contribution in [0.25, 0.3) is 0 Å². The molecule has 2 bridgehead atoms. The predicted octanol–water partition coefficient (Wildman–Crippen LogP) is 3.81. The molecule has 6 nitrogen and oxygen atoms in total. The molecule has 4 rings (SSSR count). The molecule has 0 aromatic heterocycles. The van der Waals surface area contributed by atoms with E-state index in [9.17, 15) is 9.59 Å². The molecule has 2 heterocycles. The number of methoxy groups -OCH3 is 1. The van der Waals surface area contributed by atoms with E-state index in [1.165, 1.54) is 7.11 Å². The first-order chi connectivity index (χ1) is 12.9. The third-order valence-corrected chi connectivity index (χ3v) is 5.27. The number of ether oxygens (including phenoxy) is 2. The Bertz CT molecular complexity index is 926. The van der Waals surface area contributed by atoms with Crippen molar-refractivity contribution in [2.24, 2.45) is 0 Å². The number of hydrogen-bond acceptors (Lipinski definition) is 4. The van der Waals surface area contributed by atoms with Crippen LogP contribution in [0.3, 0.4) is 0 Å². The first-order valence-electron chi connectivity index (χ1n) is 9.06. The number of urea groups is 1. The summed E-state index contributed by atoms with van der Waals surface area (Å²) in [7, 11) is 1.35. The van der Waals surface area contributed by atoms with Crippen molar-refractivity contribution >= 4 is 17.7 Å². The van der Waals surface area contributed by atoms with Gasteiger partial charge >= 0.3 is 12.0 Å². The van der Waals surface area contributed by atoms with Crippen LogP contribution in [0, 0.1) is 0 Å². The third kappa shape index (κ3) is 2.81. The van der Waals surface area contributed by atoms with Gasteiger partial charge in [-0.3, -0.25) is 4.90 Å². The van der Waals surface area contributed by atoms with Crippen molar-refractivity contribution < 1.29 is 19.1 Å². The van der Waals surface area contributed by atoms with Crippen LogP contribution in [-0.4, -0.2) is 24.8 Å². The highest BCUT2D eigenvalue weighted by Gasteiger charge is 2.50. The zero-order valence-electron chi connectivity index (χ0n) is 15.6. The minimum absolute atomic E-state index is 0.212. The largest absolute Gasteiger partial charge is 0.467 e. The number of nitrogens with one attached hydrogen (secondary N) is 1. The molecule has 2 aromatic carbocycles. The van der Waals surface area contributed by atoms with Gasteiger partial charge < -0.3 is 14.8 Å². The molecule has 1 saturated heterocycles. The number of nitrogens with zero attached hydrogens (tertiary/aromatic N) is 1. The normalized spacial score (nSPS) is 23.1. The molecule has 1 N–H and O–H groups in total. The molecule has 2 aliphatic heterocycles. The average Bonchev–Trinajstić information content (AvgIpc) is 2.66. The van der Waals surface area contributed by atoms with E-state index in [-0.39, 0.29) is 12.1 Å². The molecule has 0 unspecified atom stereocenters. The molecule has 2 atom stereocenters. The van der Waals surface area contributed by atoms with E-state index in [1.54, 1.807) is 23.1 Å². The Morgan fingerprint density at radius 3 is 2.89 bits per heavy atom. The van der Waals surface area contributed by atoms with Gasteiger partial charge in [0.25, 0.3) is 0 Å². The van der Waals surface area contributed by atoms with Crippen molar-refractivity contribution in [3.8, 4) is 5.75 Å². The topological polar surface area (TPSA) is 67.9 Å². The van der Waals surface area contributed by atoms with E-state index < -0.39 is 11.7 Å². The Morgan fingerprint density at radius 2 is 2.15 bits per heavy atom. The molecule has 140 valence electrons. The van der Waals surface area contributed by atoms with E-state index in [4.69, 9.17) is 9.47 Å². The number of anilines is 1. The van der Waals surface area contributed by atoms with E-state index in [2.05, 4.69) is 12.2 Å². The molecule has 1 fully saturated rings. The average molecular weight is 366 g/mol. The van der Waals surface area contributed by atoms with Crippen molar-refractivity contribution in [1.29, 1.82) is 0 Å². The quantitative estimate of drug-likeness (QED) is 0.839. The number of esters is 1. The second kappa shape index (κ2) is 6.30. The zero-order chi connectivity index (χ0) is 19.2. The maximum absolute atomic E-state index is 12.9. The number of carbonyl (C=O) groups is 2. The van der Waals surface area contributed by atoms with Crippen molar-refractivity contribution in [2.75, 3.05) is 12.0 Å². The molecule has 6 heteroatoms. The molecule has 2 amide bonds. The summed E-state index contributed by atoms with van der Waals surface area (Å²) in [5.74, 6) is 0.254. The van der Waals surface area contributed by atoms with Crippen LogP contribution in [0.5, 0.6) is 5.75 Å². The van der Waals surface area contributed by atoms with Crippen LogP contribution < -0.4 is 15.0 Å². The maximum atomic E-state index is 12.9. The summed E-state index contributed by atoms with van der Waals surface area (Å²) in [4.78, 5) is 26.5. The Balaban J connectivity index is 1.75. The van der Waals surface area contributed by atoms with Crippen molar-refractivity contribution in [2.45, 2.75) is 38.5 Å². The number of benzene rings is 2. The minimum Gasteiger partial charge on any atom is -0.467 e. The van der Waals surface area contributed by atoms with Gasteiger partial charge in [-0.15, -0.1) is 0 Å². The van der Waals surface area contributed by atoms with Gasteiger partial charge in [0.15, 0.2) is 5.72 Å². The lowest BCUT2D eigenvalue weighted by Gasteiger charge is -2.50. The standard InChI is InChI=1S/C21H22N2O4/c1-4-13-6-5-7-15(10-13)23-20(25)22-17-12-21(23,2)27-18-9-8-14(11-16(17)18)19(24)26-3/h5-11,17H,4,12H2,1-3H3,(H,22,25)/t17-,21+/m1/s1. The highest BCUT2D eigenvalue weighted by atomic mass is 16.5. The molecule has 27 heavy (non-hydrogen) atoms. The van der Waals surface area contributed by atoms with Gasteiger partial charge in [0.1, 0.15) is 5.75 Å². The van der Waals surface area contributed by atoms with Gasteiger partial charge in [0, 0.05) is 17.7 Å². The Morgan fingerprint density at radius 1 is 1.33 bits per heavy atom. The molecule has 0 spiro atoms. The number of rotatable bonds is 3. The van der Waals surface area contributed by atoms with Crippen molar-refractivity contribution in [1.82, 2.24) is 5.32 Å². The van der Waals surface area contributed by atoms with Gasteiger partial charge in [0.05, 0.1) is 18.7 Å². The Hall–Kier alpha value is -3.02. The lowest BCUT2D eigenvalue weighted by atomic mass is 9.89. The Kier molecular flexibility index (Phi) is 4.06. The number of aryl methyl sites for hydroxylation is 1. The molecule has 2 aliphatic rings. The van der Waals surface area contributed by atoms with E-state index in [0.717, 1.165) is 23.2 Å². The fourth-order valence-electron chi connectivity index (χ4n) is 3.93. The van der Waals surface area contributed by atoms with Gasteiger partial charge in [-0.2, -0.15) is 0 Å². The molecular weight excluding hydrogens is 344 g/mol. The second-order valence-electron chi connectivity index (χ2n) is 7.09. The summed E-state index contributed by atoms with van der Waals surface area (Å²) >= 11 is 0. The van der Waals surface area contributed by atoms with Crippen LogP contribution in [0.1, 0.15) is 47.8 Å². The van der Waals surface area contributed by atoms with Crippen molar-refractivity contribution in [3.63, 3.8) is 0 Å². The van der Waals surface area contributed by atoms with Gasteiger partial charge in [-0.05, 0) is 49.2 Å². The SMILES string of the molecule is CCc1cccc(N2C(=O)N[C@@H]3C[C@]2(C)Oc2ccc(C(=O)OC)cc23)c1. The molecular formula is C21H22N2O4. The highest BCUT2D eigenvalue weighted by Crippen LogP contribution is 2.45. The summed E-state index contributed by atoms with van der Waals surface area (Å²) in [6.07, 6.45) is 1.47. The molecule has 0 radical (unpaired) electrons. The Labute approximate surface area is 158 Å². The van der Waals surface area contributed by atoms with Crippen LogP contribution in [0.2, 0.25) is 0 Å². The summed E-state index contributed by atoms with van der Waals surface area (Å²) in [6.45, 7) is 4.01. The van der Waals surface area contributed by atoms with Crippen molar-refractivity contribution in [3.05, 3.63) is 59.2 Å². The van der Waals surface area contributed by atoms with E-state index >= 15 is 0 Å². The van der Waals surface area contributed by atoms with Crippen LogP contribution in [0.4, 0.5) is 10.5 Å². The predicted molar refractivity (Wildman–Crippen MR) is 101 cm³/mol. The highest BCUT2D eigenvalue weighted by molar-refractivity contribution is 5.95. The number of fused-ring (bicyclic) bond motifs is 4. The van der Waals surface area contributed by atoms with E-state index in [0.29, 0.717) is 17.7 Å². The zero-order valence-corrected chi connectivity index (χ0v) is 15.6. The first kappa shape index (κ1) is 17.4. The molecule has 0 saturated carbocycles. The molecule has 0 aliphatic carbocycles. The van der Waals surface area contributed by atoms with Gasteiger partial charge in [-0.1, -0.05) is 19.1 Å². The third-order valence-electron chi connectivity index (χ3n) is 5.27. The van der Waals surface area contributed by atoms with E-state index in [1.807, 2.05) is 31.2 Å². The molecule has 2 aromatic rings. The fourth-order valence-corrected chi connectivity index (χ4v) is 3.93. The summed E-state index contributed by atoms with van der Waals surface area (Å²) in [6, 6.07) is 12.7. The van der Waals surface area contributed by atoms with Crippen LogP contribution in [-0.2, 0) is 11.2 Å². The van der Waals surface area contributed by atoms with Gasteiger partial charge in [0.2, 0.25) is 0 Å². The lowest BCUT2D eigenvalue weighted by Crippen LogP contribution is -2.65.